The highest BCUT2D eigenvalue weighted by molar-refractivity contribution is 7.88. The maximum absolute atomic E-state index is 13.7. The van der Waals surface area contributed by atoms with Gasteiger partial charge in [0.05, 0.1) is 18.2 Å². The lowest BCUT2D eigenvalue weighted by atomic mass is 9.83. The van der Waals surface area contributed by atoms with Crippen LogP contribution in [-0.4, -0.2) is 83.8 Å². The number of aliphatic carboxylic acids is 1. The first-order valence-corrected chi connectivity index (χ1v) is 13.1. The van der Waals surface area contributed by atoms with E-state index in [1.807, 2.05) is 0 Å². The van der Waals surface area contributed by atoms with Crippen molar-refractivity contribution in [3.63, 3.8) is 0 Å². The van der Waals surface area contributed by atoms with Crippen molar-refractivity contribution >= 4 is 28.0 Å². The molecule has 3 aliphatic rings. The second-order valence-corrected chi connectivity index (χ2v) is 12.1. The number of ether oxygens (including phenoxy) is 1. The molecule has 2 aliphatic heterocycles. The first-order chi connectivity index (χ1) is 14.8. The monoisotopic (exact) mass is 473 g/mol. The van der Waals surface area contributed by atoms with Gasteiger partial charge in [0.1, 0.15) is 11.6 Å². The minimum atomic E-state index is -3.61. The van der Waals surface area contributed by atoms with Crippen LogP contribution in [0.3, 0.4) is 0 Å². The van der Waals surface area contributed by atoms with Gasteiger partial charge in [-0.15, -0.1) is 0 Å². The van der Waals surface area contributed by atoms with E-state index in [0.717, 1.165) is 38.4 Å². The molecule has 1 aliphatic carbocycles. The SMILES string of the molecule is CC(C)(C)OC(=O)NC(C(=O)N1CC[C@@H]2[C@H]1[C@@H](C(=O)O)CN2S(C)(=O)=O)C1CCCCC1. The Hall–Kier alpha value is -1.88. The highest BCUT2D eigenvalue weighted by atomic mass is 32.2. The molecule has 2 amide bonds. The number of rotatable bonds is 5. The van der Waals surface area contributed by atoms with Crippen LogP contribution >= 0.6 is 0 Å². The Bertz CT molecular complexity index is 848. The number of carbonyl (C=O) groups excluding carboxylic acids is 2. The number of carbonyl (C=O) groups is 3. The summed E-state index contributed by atoms with van der Waals surface area (Å²) in [4.78, 5) is 39.7. The van der Waals surface area contributed by atoms with E-state index in [4.69, 9.17) is 4.74 Å². The molecule has 3 fully saturated rings. The van der Waals surface area contributed by atoms with Crippen LogP contribution in [0.1, 0.15) is 59.3 Å². The van der Waals surface area contributed by atoms with Crippen LogP contribution < -0.4 is 5.32 Å². The molecule has 0 radical (unpaired) electrons. The zero-order chi connectivity index (χ0) is 23.8. The third-order valence-electron chi connectivity index (χ3n) is 6.66. The molecule has 0 spiro atoms. The molecule has 182 valence electrons. The third kappa shape index (κ3) is 5.36. The number of nitrogens with one attached hydrogen (secondary N) is 1. The topological polar surface area (TPSA) is 133 Å². The highest BCUT2D eigenvalue weighted by Gasteiger charge is 2.56. The second-order valence-electron chi connectivity index (χ2n) is 10.2. The van der Waals surface area contributed by atoms with E-state index in [2.05, 4.69) is 5.32 Å². The number of likely N-dealkylation sites (tertiary alicyclic amines) is 1. The number of hydrogen-bond donors (Lipinski definition) is 2. The van der Waals surface area contributed by atoms with Crippen LogP contribution in [0.25, 0.3) is 0 Å². The van der Waals surface area contributed by atoms with Crippen molar-refractivity contribution in [2.45, 2.75) is 83.0 Å². The van der Waals surface area contributed by atoms with Crippen LogP contribution in [0.5, 0.6) is 0 Å². The maximum atomic E-state index is 13.7. The van der Waals surface area contributed by atoms with Gasteiger partial charge in [0, 0.05) is 19.1 Å². The summed E-state index contributed by atoms with van der Waals surface area (Å²) < 4.78 is 31.1. The van der Waals surface area contributed by atoms with Gasteiger partial charge in [0.25, 0.3) is 0 Å². The van der Waals surface area contributed by atoms with Gasteiger partial charge in [0.15, 0.2) is 0 Å². The van der Waals surface area contributed by atoms with Crippen LogP contribution in [0.15, 0.2) is 0 Å². The Labute approximate surface area is 189 Å². The predicted molar refractivity (Wildman–Crippen MR) is 116 cm³/mol. The molecule has 4 atom stereocenters. The lowest BCUT2D eigenvalue weighted by Gasteiger charge is -2.36. The van der Waals surface area contributed by atoms with E-state index in [-0.39, 0.29) is 24.9 Å². The maximum Gasteiger partial charge on any atom is 0.408 e. The first-order valence-electron chi connectivity index (χ1n) is 11.3. The fourth-order valence-corrected chi connectivity index (χ4v) is 6.51. The molecule has 2 saturated heterocycles. The van der Waals surface area contributed by atoms with E-state index in [0.29, 0.717) is 6.42 Å². The zero-order valence-electron chi connectivity index (χ0n) is 19.2. The fraction of sp³-hybridized carbons (Fsp3) is 0.857. The minimum absolute atomic E-state index is 0.0708. The van der Waals surface area contributed by atoms with Gasteiger partial charge in [-0.2, -0.15) is 4.31 Å². The molecule has 1 unspecified atom stereocenters. The number of amides is 2. The quantitative estimate of drug-likeness (QED) is 0.617. The first kappa shape index (κ1) is 24.8. The van der Waals surface area contributed by atoms with Gasteiger partial charge in [-0.25, -0.2) is 13.2 Å². The molecule has 0 aromatic heterocycles. The Morgan fingerprint density at radius 1 is 1.09 bits per heavy atom. The summed E-state index contributed by atoms with van der Waals surface area (Å²) in [5, 5.41) is 12.5. The third-order valence-corrected chi connectivity index (χ3v) is 7.94. The second kappa shape index (κ2) is 9.17. The molecule has 0 aromatic carbocycles. The number of fused-ring (bicyclic) bond motifs is 1. The summed E-state index contributed by atoms with van der Waals surface area (Å²) in [7, 11) is -3.61. The fourth-order valence-electron chi connectivity index (χ4n) is 5.36. The minimum Gasteiger partial charge on any atom is -0.481 e. The molecule has 2 heterocycles. The van der Waals surface area contributed by atoms with Crippen molar-refractivity contribution in [1.29, 1.82) is 0 Å². The molecule has 1 saturated carbocycles. The van der Waals surface area contributed by atoms with Crippen molar-refractivity contribution in [1.82, 2.24) is 14.5 Å². The van der Waals surface area contributed by atoms with Crippen LogP contribution in [-0.2, 0) is 24.3 Å². The number of carboxylic acids is 1. The van der Waals surface area contributed by atoms with Gasteiger partial charge in [0.2, 0.25) is 15.9 Å². The molecular formula is C21H35N3O7S. The Kier molecular flexibility index (Phi) is 7.09. The number of carboxylic acid groups (broad SMARTS) is 1. The summed E-state index contributed by atoms with van der Waals surface area (Å²) in [5.74, 6) is -2.55. The smallest absolute Gasteiger partial charge is 0.408 e. The van der Waals surface area contributed by atoms with Gasteiger partial charge in [-0.1, -0.05) is 19.3 Å². The van der Waals surface area contributed by atoms with E-state index in [9.17, 15) is 27.9 Å². The van der Waals surface area contributed by atoms with E-state index in [1.54, 1.807) is 20.8 Å². The highest BCUT2D eigenvalue weighted by Crippen LogP contribution is 2.38. The molecule has 3 rings (SSSR count). The largest absolute Gasteiger partial charge is 0.481 e. The number of hydrogen-bond acceptors (Lipinski definition) is 6. The number of nitrogens with zero attached hydrogens (tertiary/aromatic N) is 2. The molecule has 10 nitrogen and oxygen atoms in total. The predicted octanol–water partition coefficient (Wildman–Crippen LogP) is 1.41. The average Bonchev–Trinajstić information content (AvgIpc) is 3.24. The van der Waals surface area contributed by atoms with Crippen LogP contribution in [0.2, 0.25) is 0 Å². The lowest BCUT2D eigenvalue weighted by Crippen LogP contribution is -2.56. The summed E-state index contributed by atoms with van der Waals surface area (Å²) >= 11 is 0. The van der Waals surface area contributed by atoms with Crippen LogP contribution in [0, 0.1) is 11.8 Å². The van der Waals surface area contributed by atoms with Crippen molar-refractivity contribution in [3.8, 4) is 0 Å². The zero-order valence-corrected chi connectivity index (χ0v) is 20.1. The normalized spacial score (nSPS) is 28.2. The molecule has 0 bridgehead atoms. The Balaban J connectivity index is 1.86. The molecule has 32 heavy (non-hydrogen) atoms. The summed E-state index contributed by atoms with van der Waals surface area (Å²) in [6.07, 6.45) is 5.30. The van der Waals surface area contributed by atoms with Gasteiger partial charge >= 0.3 is 12.1 Å². The Morgan fingerprint density at radius 3 is 2.25 bits per heavy atom. The number of sulfonamides is 1. The molecule has 11 heteroatoms. The molecule has 0 aromatic rings. The Morgan fingerprint density at radius 2 is 1.72 bits per heavy atom. The number of alkyl carbamates (subject to hydrolysis) is 1. The van der Waals surface area contributed by atoms with E-state index < -0.39 is 51.7 Å². The summed E-state index contributed by atoms with van der Waals surface area (Å²) in [5.41, 5.74) is -0.723. The standard InChI is InChI=1S/C21H35N3O7S/c1-21(2,3)31-20(28)22-16(13-8-6-5-7-9-13)18(25)23-11-10-15-17(23)14(19(26)27)12-24(15)32(4,29)30/h13-17H,5-12H2,1-4H3,(H,22,28)(H,26,27)/t14-,15+,16?,17+/m0/s1. The van der Waals surface area contributed by atoms with Crippen LogP contribution in [0.4, 0.5) is 4.79 Å². The lowest BCUT2D eigenvalue weighted by molar-refractivity contribution is -0.145. The van der Waals surface area contributed by atoms with Gasteiger partial charge in [-0.05, 0) is 46.0 Å². The summed E-state index contributed by atoms with van der Waals surface area (Å²) in [6.45, 7) is 5.32. The van der Waals surface area contributed by atoms with Crippen molar-refractivity contribution in [2.75, 3.05) is 19.3 Å². The van der Waals surface area contributed by atoms with Gasteiger partial charge < -0.3 is 20.1 Å². The van der Waals surface area contributed by atoms with E-state index >= 15 is 0 Å². The van der Waals surface area contributed by atoms with Crippen molar-refractivity contribution in [3.05, 3.63) is 0 Å². The molecule has 2 N–H and O–H groups in total. The van der Waals surface area contributed by atoms with Crippen molar-refractivity contribution in [2.24, 2.45) is 11.8 Å². The average molecular weight is 474 g/mol. The molecular weight excluding hydrogens is 438 g/mol. The van der Waals surface area contributed by atoms with Gasteiger partial charge in [-0.3, -0.25) is 9.59 Å². The summed E-state index contributed by atoms with van der Waals surface area (Å²) in [6, 6.07) is -2.14. The van der Waals surface area contributed by atoms with E-state index in [1.165, 1.54) is 9.21 Å². The van der Waals surface area contributed by atoms with Crippen molar-refractivity contribution < 1.29 is 32.6 Å².